The van der Waals surface area contributed by atoms with Gasteiger partial charge in [-0.15, -0.1) is 6.58 Å². The van der Waals surface area contributed by atoms with Crippen LogP contribution in [0.15, 0.2) is 48.0 Å². The number of nitrogens with two attached hydrogens (primary N) is 1. The van der Waals surface area contributed by atoms with Gasteiger partial charge in [0.1, 0.15) is 0 Å². The van der Waals surface area contributed by atoms with Gasteiger partial charge in [0.25, 0.3) is 0 Å². The fourth-order valence-electron chi connectivity index (χ4n) is 1.73. The molecule has 0 spiro atoms. The molecule has 1 aromatic carbocycles. The van der Waals surface area contributed by atoms with E-state index in [0.717, 1.165) is 6.42 Å². The third kappa shape index (κ3) is 6.06. The fraction of sp³-hybridized carbons (Fsp3) is 0.400. The van der Waals surface area contributed by atoms with Gasteiger partial charge in [0.15, 0.2) is 5.96 Å². The van der Waals surface area contributed by atoms with E-state index in [1.165, 1.54) is 5.56 Å². The van der Waals surface area contributed by atoms with E-state index in [-0.39, 0.29) is 0 Å². The molecule has 0 radical (unpaired) electrons. The maximum Gasteiger partial charge on any atom is 0.188 e. The molecule has 3 N–H and O–H groups in total. The van der Waals surface area contributed by atoms with Crippen LogP contribution in [0.3, 0.4) is 0 Å². The van der Waals surface area contributed by atoms with Gasteiger partial charge in [0.05, 0.1) is 6.54 Å². The van der Waals surface area contributed by atoms with Crippen LogP contribution < -0.4 is 11.1 Å². The first kappa shape index (κ1) is 15.2. The Kier molecular flexibility index (Phi) is 6.68. The summed E-state index contributed by atoms with van der Waals surface area (Å²) >= 11 is 0. The molecule has 0 heterocycles. The average Bonchev–Trinajstić information content (AvgIpc) is 2.41. The Morgan fingerprint density at radius 2 is 2.11 bits per heavy atom. The fourth-order valence-corrected chi connectivity index (χ4v) is 1.73. The molecule has 1 rings (SSSR count). The second-order valence-electron chi connectivity index (χ2n) is 4.70. The largest absolute Gasteiger partial charge is 0.370 e. The molecule has 0 fully saturated rings. The molecule has 0 saturated carbocycles. The molecule has 19 heavy (non-hydrogen) atoms. The summed E-state index contributed by atoms with van der Waals surface area (Å²) in [6, 6.07) is 10.8. The lowest BCUT2D eigenvalue weighted by molar-refractivity contribution is 0.298. The van der Waals surface area contributed by atoms with Crippen LogP contribution in [0.1, 0.15) is 5.56 Å². The molecule has 0 bridgehead atoms. The predicted molar refractivity (Wildman–Crippen MR) is 82.3 cm³/mol. The average molecular weight is 260 g/mol. The minimum absolute atomic E-state index is 0.339. The number of aliphatic imine (C=N–C) groups is 1. The maximum absolute atomic E-state index is 5.77. The summed E-state index contributed by atoms with van der Waals surface area (Å²) in [7, 11) is 4.13. The van der Waals surface area contributed by atoms with E-state index in [4.69, 9.17) is 5.73 Å². The molecule has 0 aliphatic rings. The molecule has 0 aliphatic heterocycles. The topological polar surface area (TPSA) is 53.6 Å². The van der Waals surface area contributed by atoms with Gasteiger partial charge in [-0.25, -0.2) is 0 Å². The zero-order valence-corrected chi connectivity index (χ0v) is 11.8. The summed E-state index contributed by atoms with van der Waals surface area (Å²) in [4.78, 5) is 6.55. The van der Waals surface area contributed by atoms with Gasteiger partial charge in [0, 0.05) is 12.6 Å². The Hall–Kier alpha value is -1.81. The lowest BCUT2D eigenvalue weighted by atomic mass is 10.1. The normalized spacial score (nSPS) is 13.3. The number of guanidine groups is 1. The lowest BCUT2D eigenvalue weighted by Gasteiger charge is -2.23. The Bertz CT molecular complexity index is 398. The smallest absolute Gasteiger partial charge is 0.188 e. The van der Waals surface area contributed by atoms with Crippen LogP contribution in [-0.4, -0.2) is 44.1 Å². The minimum atomic E-state index is 0.339. The van der Waals surface area contributed by atoms with Crippen molar-refractivity contribution in [2.75, 3.05) is 27.2 Å². The highest BCUT2D eigenvalue weighted by atomic mass is 15.1. The second kappa shape index (κ2) is 8.32. The quantitative estimate of drug-likeness (QED) is 0.441. The summed E-state index contributed by atoms with van der Waals surface area (Å²) in [5.41, 5.74) is 7.09. The number of rotatable bonds is 7. The minimum Gasteiger partial charge on any atom is -0.370 e. The number of likely N-dealkylation sites (N-methyl/N-ethyl adjacent to an activating group) is 1. The van der Waals surface area contributed by atoms with Crippen molar-refractivity contribution in [2.24, 2.45) is 10.7 Å². The molecule has 0 aromatic heterocycles. The van der Waals surface area contributed by atoms with Crippen molar-refractivity contribution in [1.82, 2.24) is 10.2 Å². The van der Waals surface area contributed by atoms with Crippen molar-refractivity contribution in [3.05, 3.63) is 48.6 Å². The van der Waals surface area contributed by atoms with E-state index in [0.29, 0.717) is 25.1 Å². The van der Waals surface area contributed by atoms with Crippen molar-refractivity contribution in [3.63, 3.8) is 0 Å². The van der Waals surface area contributed by atoms with E-state index in [1.54, 1.807) is 6.08 Å². The van der Waals surface area contributed by atoms with E-state index in [9.17, 15) is 0 Å². The Labute approximate surface area is 116 Å². The first-order chi connectivity index (χ1) is 9.13. The molecule has 0 amide bonds. The van der Waals surface area contributed by atoms with E-state index >= 15 is 0 Å². The van der Waals surface area contributed by atoms with Crippen LogP contribution in [0.25, 0.3) is 0 Å². The van der Waals surface area contributed by atoms with Crippen molar-refractivity contribution < 1.29 is 0 Å². The molecular weight excluding hydrogens is 236 g/mol. The summed E-state index contributed by atoms with van der Waals surface area (Å²) in [6.07, 6.45) is 2.72. The first-order valence-electron chi connectivity index (χ1n) is 6.48. The van der Waals surface area contributed by atoms with Gasteiger partial charge < -0.3 is 16.0 Å². The standard InChI is InChI=1S/C15H24N4/c1-4-10-17-15(16)18-12-14(19(2)3)11-13-8-6-5-7-9-13/h4-9,14H,1,10-12H2,2-3H3,(H3,16,17,18). The summed E-state index contributed by atoms with van der Waals surface area (Å²) < 4.78 is 0. The molecule has 4 heteroatoms. The summed E-state index contributed by atoms with van der Waals surface area (Å²) in [6.45, 7) is 4.95. The number of nitrogens with zero attached hydrogens (tertiary/aromatic N) is 2. The van der Waals surface area contributed by atoms with Crippen molar-refractivity contribution in [1.29, 1.82) is 0 Å². The van der Waals surface area contributed by atoms with E-state index < -0.39 is 0 Å². The van der Waals surface area contributed by atoms with Gasteiger partial charge in [-0.1, -0.05) is 36.4 Å². The number of benzene rings is 1. The van der Waals surface area contributed by atoms with Crippen LogP contribution in [0.4, 0.5) is 0 Å². The molecule has 104 valence electrons. The zero-order valence-electron chi connectivity index (χ0n) is 11.8. The Morgan fingerprint density at radius 1 is 1.42 bits per heavy atom. The molecule has 1 atom stereocenters. The lowest BCUT2D eigenvalue weighted by Crippen LogP contribution is -2.36. The zero-order chi connectivity index (χ0) is 14.1. The number of hydrogen-bond donors (Lipinski definition) is 2. The highest BCUT2D eigenvalue weighted by Crippen LogP contribution is 2.07. The first-order valence-corrected chi connectivity index (χ1v) is 6.48. The van der Waals surface area contributed by atoms with Gasteiger partial charge in [0.2, 0.25) is 0 Å². The molecule has 0 saturated heterocycles. The van der Waals surface area contributed by atoms with Crippen LogP contribution in [0.5, 0.6) is 0 Å². The Balaban J connectivity index is 2.56. The van der Waals surface area contributed by atoms with Crippen molar-refractivity contribution in [2.45, 2.75) is 12.5 Å². The highest BCUT2D eigenvalue weighted by Gasteiger charge is 2.11. The van der Waals surface area contributed by atoms with Gasteiger partial charge in [-0.05, 0) is 26.1 Å². The van der Waals surface area contributed by atoms with Crippen LogP contribution in [-0.2, 0) is 6.42 Å². The van der Waals surface area contributed by atoms with Crippen LogP contribution >= 0.6 is 0 Å². The molecule has 4 nitrogen and oxygen atoms in total. The third-order valence-electron chi connectivity index (χ3n) is 2.94. The van der Waals surface area contributed by atoms with Crippen LogP contribution in [0, 0.1) is 0 Å². The molecule has 0 aliphatic carbocycles. The van der Waals surface area contributed by atoms with Crippen LogP contribution in [0.2, 0.25) is 0 Å². The van der Waals surface area contributed by atoms with E-state index in [1.807, 2.05) is 6.07 Å². The maximum atomic E-state index is 5.77. The van der Waals surface area contributed by atoms with Gasteiger partial charge in [-0.3, -0.25) is 4.99 Å². The molecule has 1 aromatic rings. The van der Waals surface area contributed by atoms with Crippen molar-refractivity contribution in [3.8, 4) is 0 Å². The Morgan fingerprint density at radius 3 is 2.68 bits per heavy atom. The SMILES string of the molecule is C=CCNC(N)=NCC(Cc1ccccc1)N(C)C. The molecule has 1 unspecified atom stereocenters. The monoisotopic (exact) mass is 260 g/mol. The van der Waals surface area contributed by atoms with Gasteiger partial charge >= 0.3 is 0 Å². The number of nitrogens with one attached hydrogen (secondary N) is 1. The number of hydrogen-bond acceptors (Lipinski definition) is 2. The second-order valence-corrected chi connectivity index (χ2v) is 4.70. The summed E-state index contributed by atoms with van der Waals surface area (Å²) in [5.74, 6) is 0.472. The van der Waals surface area contributed by atoms with Gasteiger partial charge in [-0.2, -0.15) is 0 Å². The highest BCUT2D eigenvalue weighted by molar-refractivity contribution is 5.77. The van der Waals surface area contributed by atoms with E-state index in [2.05, 4.69) is 60.1 Å². The van der Waals surface area contributed by atoms with Crippen molar-refractivity contribution >= 4 is 5.96 Å². The predicted octanol–water partition coefficient (Wildman–Crippen LogP) is 1.25. The third-order valence-corrected chi connectivity index (χ3v) is 2.94. The molecular formula is C15H24N4. The summed E-state index contributed by atoms with van der Waals surface area (Å²) in [5, 5.41) is 2.98.